The third-order valence-corrected chi connectivity index (χ3v) is 3.44. The summed E-state index contributed by atoms with van der Waals surface area (Å²) < 4.78 is 0. The Morgan fingerprint density at radius 1 is 1.20 bits per heavy atom. The van der Waals surface area contributed by atoms with Gasteiger partial charge in [0.1, 0.15) is 6.42 Å². The van der Waals surface area contributed by atoms with Gasteiger partial charge >= 0.3 is 0 Å². The highest BCUT2D eigenvalue weighted by molar-refractivity contribution is 5.99. The van der Waals surface area contributed by atoms with Gasteiger partial charge < -0.3 is 10.2 Å². The van der Waals surface area contributed by atoms with Gasteiger partial charge in [-0.2, -0.15) is 0 Å². The highest BCUT2D eigenvalue weighted by atomic mass is 16.2. The van der Waals surface area contributed by atoms with E-state index in [4.69, 9.17) is 0 Å². The van der Waals surface area contributed by atoms with Gasteiger partial charge in [-0.25, -0.2) is 0 Å². The zero-order valence-corrected chi connectivity index (χ0v) is 12.1. The Hall–Kier alpha value is -1.88. The molecule has 0 radical (unpaired) electrons. The number of hydrogen-bond acceptors (Lipinski definition) is 3. The predicted octanol–water partition coefficient (Wildman–Crippen LogP) is 1.38. The van der Waals surface area contributed by atoms with E-state index in [1.807, 2.05) is 51.1 Å². The van der Waals surface area contributed by atoms with Crippen LogP contribution in [0.1, 0.15) is 38.8 Å². The van der Waals surface area contributed by atoms with E-state index in [1.165, 1.54) is 0 Å². The summed E-state index contributed by atoms with van der Waals surface area (Å²) in [6.07, 6.45) is -0.533. The van der Waals surface area contributed by atoms with Gasteiger partial charge in [-0.05, 0) is 26.3 Å². The molecule has 1 aromatic rings. The quantitative estimate of drug-likeness (QED) is 0.816. The first-order valence-electron chi connectivity index (χ1n) is 6.90. The van der Waals surface area contributed by atoms with Gasteiger partial charge in [-0.15, -0.1) is 0 Å². The summed E-state index contributed by atoms with van der Waals surface area (Å²) in [6, 6.07) is 10.0. The highest BCUT2D eigenvalue weighted by Crippen LogP contribution is 2.16. The Bertz CT molecular complexity index is 487. The van der Waals surface area contributed by atoms with Crippen molar-refractivity contribution < 1.29 is 9.59 Å². The van der Waals surface area contributed by atoms with Crippen molar-refractivity contribution in [2.45, 2.75) is 45.6 Å². The van der Waals surface area contributed by atoms with Crippen molar-refractivity contribution in [1.29, 1.82) is 0 Å². The molecule has 0 bridgehead atoms. The summed E-state index contributed by atoms with van der Waals surface area (Å²) in [4.78, 5) is 25.3. The smallest absolute Gasteiger partial charge is 0.234 e. The molecule has 2 atom stereocenters. The Morgan fingerprint density at radius 2 is 1.85 bits per heavy atom. The molecule has 1 aliphatic rings. The first-order valence-corrected chi connectivity index (χ1v) is 6.90. The number of amides is 2. The molecule has 20 heavy (non-hydrogen) atoms. The van der Waals surface area contributed by atoms with Crippen molar-refractivity contribution in [3.63, 3.8) is 0 Å². The monoisotopic (exact) mass is 275 g/mol. The summed E-state index contributed by atoms with van der Waals surface area (Å²) in [5, 5.41) is 6.13. The average molecular weight is 275 g/mol. The van der Waals surface area contributed by atoms with Crippen molar-refractivity contribution in [2.24, 2.45) is 0 Å². The minimum Gasteiger partial charge on any atom is -0.323 e. The zero-order chi connectivity index (χ0) is 14.7. The van der Waals surface area contributed by atoms with Crippen LogP contribution in [0, 0.1) is 0 Å². The molecule has 1 unspecified atom stereocenters. The minimum atomic E-state index is -0.459. The topological polar surface area (TPSA) is 61.4 Å². The van der Waals surface area contributed by atoms with E-state index in [2.05, 4.69) is 10.6 Å². The second kappa shape index (κ2) is 6.05. The molecule has 1 aliphatic heterocycles. The molecular formula is C15H21N3O2. The molecule has 2 rings (SSSR count). The minimum absolute atomic E-state index is 0.0311. The van der Waals surface area contributed by atoms with E-state index in [0.717, 1.165) is 5.56 Å². The lowest BCUT2D eigenvalue weighted by Crippen LogP contribution is -2.65. The molecule has 0 aromatic heterocycles. The van der Waals surface area contributed by atoms with Gasteiger partial charge in [-0.3, -0.25) is 14.9 Å². The third kappa shape index (κ3) is 3.17. The van der Waals surface area contributed by atoms with E-state index in [-0.39, 0.29) is 30.3 Å². The number of carbonyl (C=O) groups is 2. The maximum atomic E-state index is 12.0. The van der Waals surface area contributed by atoms with Crippen molar-refractivity contribution in [2.75, 3.05) is 0 Å². The largest absolute Gasteiger partial charge is 0.323 e. The Labute approximate surface area is 119 Å². The molecule has 2 N–H and O–H groups in total. The SMILES string of the molecule is CC(C)N1C(=O)CC(=O)NC1N[C@@H](C)c1ccccc1. The van der Waals surface area contributed by atoms with Crippen LogP contribution >= 0.6 is 0 Å². The maximum absolute atomic E-state index is 12.0. The standard InChI is InChI=1S/C15H21N3O2/c1-10(2)18-14(20)9-13(19)17-15(18)16-11(3)12-7-5-4-6-8-12/h4-8,10-11,15-16H,9H2,1-3H3,(H,17,19)/t11-,15?/m0/s1. The normalized spacial score (nSPS) is 21.0. The van der Waals surface area contributed by atoms with Gasteiger partial charge in [0.2, 0.25) is 11.8 Å². The molecule has 1 aromatic carbocycles. The van der Waals surface area contributed by atoms with Crippen molar-refractivity contribution in [1.82, 2.24) is 15.5 Å². The summed E-state index contributed by atoms with van der Waals surface area (Å²) in [5.74, 6) is -0.369. The fourth-order valence-corrected chi connectivity index (χ4v) is 2.43. The van der Waals surface area contributed by atoms with Crippen LogP contribution in [-0.2, 0) is 9.59 Å². The lowest BCUT2D eigenvalue weighted by molar-refractivity contribution is -0.148. The fourth-order valence-electron chi connectivity index (χ4n) is 2.43. The zero-order valence-electron chi connectivity index (χ0n) is 12.1. The van der Waals surface area contributed by atoms with Crippen molar-refractivity contribution in [3.05, 3.63) is 35.9 Å². The van der Waals surface area contributed by atoms with Gasteiger partial charge in [0.15, 0.2) is 6.29 Å². The van der Waals surface area contributed by atoms with Crippen LogP contribution in [0.15, 0.2) is 30.3 Å². The van der Waals surface area contributed by atoms with Crippen LogP contribution in [0.4, 0.5) is 0 Å². The summed E-state index contributed by atoms with van der Waals surface area (Å²) in [6.45, 7) is 5.90. The number of nitrogens with one attached hydrogen (secondary N) is 2. The van der Waals surface area contributed by atoms with Crippen LogP contribution in [0.2, 0.25) is 0 Å². The first-order chi connectivity index (χ1) is 9.49. The fraction of sp³-hybridized carbons (Fsp3) is 0.467. The molecule has 2 amide bonds. The molecule has 0 spiro atoms. The van der Waals surface area contributed by atoms with Crippen molar-refractivity contribution >= 4 is 11.8 Å². The molecule has 0 saturated carbocycles. The Balaban J connectivity index is 2.12. The van der Waals surface area contributed by atoms with E-state index < -0.39 is 6.29 Å². The summed E-state index contributed by atoms with van der Waals surface area (Å²) in [7, 11) is 0. The number of nitrogens with zero attached hydrogens (tertiary/aromatic N) is 1. The lowest BCUT2D eigenvalue weighted by Gasteiger charge is -2.40. The second-order valence-corrected chi connectivity index (χ2v) is 5.34. The molecular weight excluding hydrogens is 254 g/mol. The van der Waals surface area contributed by atoms with E-state index in [9.17, 15) is 9.59 Å². The number of rotatable bonds is 4. The van der Waals surface area contributed by atoms with Crippen LogP contribution < -0.4 is 10.6 Å². The molecule has 1 saturated heterocycles. The third-order valence-electron chi connectivity index (χ3n) is 3.44. The number of hydrogen-bond donors (Lipinski definition) is 2. The number of benzene rings is 1. The Morgan fingerprint density at radius 3 is 2.45 bits per heavy atom. The number of carbonyl (C=O) groups excluding carboxylic acids is 2. The molecule has 5 nitrogen and oxygen atoms in total. The van der Waals surface area contributed by atoms with Crippen LogP contribution in [-0.4, -0.2) is 29.0 Å². The lowest BCUT2D eigenvalue weighted by atomic mass is 10.1. The van der Waals surface area contributed by atoms with Crippen LogP contribution in [0.5, 0.6) is 0 Å². The molecule has 1 fully saturated rings. The predicted molar refractivity (Wildman–Crippen MR) is 76.5 cm³/mol. The summed E-state index contributed by atoms with van der Waals surface area (Å²) >= 11 is 0. The van der Waals surface area contributed by atoms with Gasteiger partial charge in [-0.1, -0.05) is 30.3 Å². The molecule has 1 heterocycles. The van der Waals surface area contributed by atoms with Gasteiger partial charge in [0.05, 0.1) is 0 Å². The average Bonchev–Trinajstić information content (AvgIpc) is 2.38. The van der Waals surface area contributed by atoms with E-state index in [1.54, 1.807) is 4.90 Å². The second-order valence-electron chi connectivity index (χ2n) is 5.34. The van der Waals surface area contributed by atoms with Gasteiger partial charge in [0, 0.05) is 12.1 Å². The first kappa shape index (κ1) is 14.5. The Kier molecular flexibility index (Phi) is 4.39. The summed E-state index contributed by atoms with van der Waals surface area (Å²) in [5.41, 5.74) is 1.11. The molecule has 5 heteroatoms. The van der Waals surface area contributed by atoms with Crippen LogP contribution in [0.3, 0.4) is 0 Å². The van der Waals surface area contributed by atoms with Crippen molar-refractivity contribution in [3.8, 4) is 0 Å². The highest BCUT2D eigenvalue weighted by Gasteiger charge is 2.34. The van der Waals surface area contributed by atoms with E-state index in [0.29, 0.717) is 0 Å². The van der Waals surface area contributed by atoms with Crippen LogP contribution in [0.25, 0.3) is 0 Å². The van der Waals surface area contributed by atoms with E-state index >= 15 is 0 Å². The van der Waals surface area contributed by atoms with Gasteiger partial charge in [0.25, 0.3) is 0 Å². The molecule has 0 aliphatic carbocycles. The molecule has 108 valence electrons. The maximum Gasteiger partial charge on any atom is 0.234 e.